The van der Waals surface area contributed by atoms with E-state index in [1.54, 1.807) is 6.20 Å². The molecule has 2 bridgehead atoms. The molecule has 1 aromatic heterocycles. The van der Waals surface area contributed by atoms with E-state index in [1.807, 2.05) is 30.3 Å². The summed E-state index contributed by atoms with van der Waals surface area (Å²) >= 11 is 2.11. The van der Waals surface area contributed by atoms with Gasteiger partial charge in [-0.2, -0.15) is 11.8 Å². The van der Waals surface area contributed by atoms with Crippen LogP contribution in [0.2, 0.25) is 0 Å². The lowest BCUT2D eigenvalue weighted by atomic mass is 9.90. The minimum absolute atomic E-state index is 0.239. The van der Waals surface area contributed by atoms with Gasteiger partial charge in [0.15, 0.2) is 5.78 Å². The van der Waals surface area contributed by atoms with Crippen molar-refractivity contribution in [2.45, 2.75) is 36.2 Å². The Hall–Kier alpha value is -1.35. The SMILES string of the molecule is O=C(c1ccc2ncccc2c1)C1CC2CCC(C1)S2. The largest absolute Gasteiger partial charge is 0.294 e. The van der Waals surface area contributed by atoms with Crippen LogP contribution in [0.25, 0.3) is 10.9 Å². The van der Waals surface area contributed by atoms with Crippen LogP contribution in [0.1, 0.15) is 36.0 Å². The average molecular weight is 283 g/mol. The van der Waals surface area contributed by atoms with Crippen molar-refractivity contribution in [3.63, 3.8) is 0 Å². The Kier molecular flexibility index (Phi) is 3.03. The first-order chi connectivity index (χ1) is 9.79. The number of Topliss-reactive ketones (excluding diaryl/α,β-unsaturated/α-hetero) is 1. The predicted molar refractivity (Wildman–Crippen MR) is 83.2 cm³/mol. The fourth-order valence-corrected chi connectivity index (χ4v) is 5.31. The number of carbonyl (C=O) groups is 1. The highest BCUT2D eigenvalue weighted by molar-refractivity contribution is 8.00. The molecule has 1 aromatic carbocycles. The van der Waals surface area contributed by atoms with Crippen LogP contribution < -0.4 is 0 Å². The molecule has 0 aliphatic carbocycles. The Morgan fingerprint density at radius 1 is 1.15 bits per heavy atom. The number of fused-ring (bicyclic) bond motifs is 3. The fourth-order valence-electron chi connectivity index (χ4n) is 3.54. The van der Waals surface area contributed by atoms with Crippen LogP contribution in [-0.4, -0.2) is 21.3 Å². The van der Waals surface area contributed by atoms with E-state index >= 15 is 0 Å². The number of carbonyl (C=O) groups excluding carboxylic acids is 1. The van der Waals surface area contributed by atoms with Gasteiger partial charge in [0, 0.05) is 33.6 Å². The maximum atomic E-state index is 12.7. The van der Waals surface area contributed by atoms with Gasteiger partial charge in [0.25, 0.3) is 0 Å². The minimum atomic E-state index is 0.239. The summed E-state index contributed by atoms with van der Waals surface area (Å²) in [7, 11) is 0. The number of aromatic nitrogens is 1. The number of hydrogen-bond acceptors (Lipinski definition) is 3. The highest BCUT2D eigenvalue weighted by Crippen LogP contribution is 2.46. The van der Waals surface area contributed by atoms with E-state index < -0.39 is 0 Å². The molecule has 2 aromatic rings. The normalized spacial score (nSPS) is 28.7. The van der Waals surface area contributed by atoms with Gasteiger partial charge in [-0.05, 0) is 49.9 Å². The first-order valence-electron chi connectivity index (χ1n) is 7.34. The lowest BCUT2D eigenvalue weighted by Gasteiger charge is -2.26. The topological polar surface area (TPSA) is 30.0 Å². The van der Waals surface area contributed by atoms with Crippen molar-refractivity contribution in [3.8, 4) is 0 Å². The minimum Gasteiger partial charge on any atom is -0.294 e. The van der Waals surface area contributed by atoms with Crippen LogP contribution in [0.5, 0.6) is 0 Å². The van der Waals surface area contributed by atoms with E-state index in [-0.39, 0.29) is 5.92 Å². The summed E-state index contributed by atoms with van der Waals surface area (Å²) < 4.78 is 0. The van der Waals surface area contributed by atoms with Crippen LogP contribution in [0.3, 0.4) is 0 Å². The molecular formula is C17H17NOS. The van der Waals surface area contributed by atoms with Crippen LogP contribution in [-0.2, 0) is 0 Å². The Labute approximate surface area is 123 Å². The fraction of sp³-hybridized carbons (Fsp3) is 0.412. The molecule has 4 rings (SSSR count). The molecule has 2 atom stereocenters. The van der Waals surface area contributed by atoms with Gasteiger partial charge < -0.3 is 0 Å². The van der Waals surface area contributed by atoms with Crippen molar-refractivity contribution in [2.75, 3.05) is 0 Å². The van der Waals surface area contributed by atoms with Gasteiger partial charge in [-0.25, -0.2) is 0 Å². The van der Waals surface area contributed by atoms with Gasteiger partial charge in [-0.3, -0.25) is 9.78 Å². The second-order valence-corrected chi connectivity index (χ2v) is 7.51. The zero-order valence-electron chi connectivity index (χ0n) is 11.3. The number of nitrogens with zero attached hydrogens (tertiary/aromatic N) is 1. The van der Waals surface area contributed by atoms with Crippen molar-refractivity contribution < 1.29 is 4.79 Å². The Bertz CT molecular complexity index is 657. The summed E-state index contributed by atoms with van der Waals surface area (Å²) in [5, 5.41) is 2.51. The molecule has 20 heavy (non-hydrogen) atoms. The van der Waals surface area contributed by atoms with Crippen molar-refractivity contribution in [1.82, 2.24) is 4.98 Å². The summed E-state index contributed by atoms with van der Waals surface area (Å²) in [6.45, 7) is 0. The molecular weight excluding hydrogens is 266 g/mol. The molecule has 2 aliphatic heterocycles. The molecule has 2 nitrogen and oxygen atoms in total. The first kappa shape index (κ1) is 12.4. The number of thioether (sulfide) groups is 1. The van der Waals surface area contributed by atoms with Gasteiger partial charge in [0.05, 0.1) is 5.52 Å². The van der Waals surface area contributed by atoms with Crippen molar-refractivity contribution in [3.05, 3.63) is 42.1 Å². The molecule has 3 heterocycles. The van der Waals surface area contributed by atoms with E-state index in [4.69, 9.17) is 0 Å². The van der Waals surface area contributed by atoms with Gasteiger partial charge in [0.1, 0.15) is 0 Å². The summed E-state index contributed by atoms with van der Waals surface area (Å²) in [6, 6.07) is 9.87. The molecule has 102 valence electrons. The van der Waals surface area contributed by atoms with E-state index in [2.05, 4.69) is 16.7 Å². The first-order valence-corrected chi connectivity index (χ1v) is 8.28. The van der Waals surface area contributed by atoms with Crippen LogP contribution in [0.4, 0.5) is 0 Å². The van der Waals surface area contributed by atoms with Crippen molar-refractivity contribution >= 4 is 28.4 Å². The molecule has 0 saturated carbocycles. The maximum Gasteiger partial charge on any atom is 0.166 e. The summed E-state index contributed by atoms with van der Waals surface area (Å²) in [5.74, 6) is 0.579. The third-order valence-electron chi connectivity index (χ3n) is 4.55. The number of ketones is 1. The monoisotopic (exact) mass is 283 g/mol. The highest BCUT2D eigenvalue weighted by atomic mass is 32.2. The number of pyridine rings is 1. The Balaban J connectivity index is 1.63. The third-order valence-corrected chi connectivity index (χ3v) is 6.17. The standard InChI is InChI=1S/C17H17NOS/c19-17(13-9-14-4-5-15(10-13)20-14)12-3-6-16-11(8-12)2-1-7-18-16/h1-3,6-8,13-15H,4-5,9-10H2. The highest BCUT2D eigenvalue weighted by Gasteiger charge is 2.37. The van der Waals surface area contributed by atoms with Gasteiger partial charge in [0.2, 0.25) is 0 Å². The van der Waals surface area contributed by atoms with Crippen LogP contribution >= 0.6 is 11.8 Å². The van der Waals surface area contributed by atoms with E-state index in [9.17, 15) is 4.79 Å². The van der Waals surface area contributed by atoms with Gasteiger partial charge in [-0.15, -0.1) is 0 Å². The second-order valence-electron chi connectivity index (χ2n) is 5.90. The van der Waals surface area contributed by atoms with E-state index in [1.165, 1.54) is 12.8 Å². The van der Waals surface area contributed by atoms with Gasteiger partial charge >= 0.3 is 0 Å². The lowest BCUT2D eigenvalue weighted by Crippen LogP contribution is -2.24. The molecule has 0 radical (unpaired) electrons. The van der Waals surface area contributed by atoms with E-state index in [0.717, 1.165) is 39.8 Å². The summed E-state index contributed by atoms with van der Waals surface area (Å²) in [5.41, 5.74) is 1.82. The molecule has 2 fully saturated rings. The molecule has 2 aliphatic rings. The molecule has 2 saturated heterocycles. The summed E-state index contributed by atoms with van der Waals surface area (Å²) in [6.07, 6.45) is 6.55. The van der Waals surface area contributed by atoms with Crippen molar-refractivity contribution in [1.29, 1.82) is 0 Å². The van der Waals surface area contributed by atoms with Crippen LogP contribution in [0.15, 0.2) is 36.5 Å². The number of hydrogen-bond donors (Lipinski definition) is 0. The second kappa shape index (κ2) is 4.88. The Morgan fingerprint density at radius 2 is 1.95 bits per heavy atom. The quantitative estimate of drug-likeness (QED) is 0.777. The summed E-state index contributed by atoms with van der Waals surface area (Å²) in [4.78, 5) is 17.0. The third kappa shape index (κ3) is 2.14. The molecule has 3 heteroatoms. The number of benzene rings is 1. The molecule has 0 N–H and O–H groups in total. The van der Waals surface area contributed by atoms with E-state index in [0.29, 0.717) is 5.78 Å². The molecule has 2 unspecified atom stereocenters. The number of rotatable bonds is 2. The van der Waals surface area contributed by atoms with Gasteiger partial charge in [-0.1, -0.05) is 6.07 Å². The zero-order chi connectivity index (χ0) is 13.5. The Morgan fingerprint density at radius 3 is 2.75 bits per heavy atom. The maximum absolute atomic E-state index is 12.7. The predicted octanol–water partition coefficient (Wildman–Crippen LogP) is 4.09. The smallest absolute Gasteiger partial charge is 0.166 e. The average Bonchev–Trinajstić information content (AvgIpc) is 2.84. The van der Waals surface area contributed by atoms with Crippen molar-refractivity contribution in [2.24, 2.45) is 5.92 Å². The molecule has 0 spiro atoms. The lowest BCUT2D eigenvalue weighted by molar-refractivity contribution is 0.0907. The molecule has 0 amide bonds. The van der Waals surface area contributed by atoms with Crippen LogP contribution in [0, 0.1) is 5.92 Å². The zero-order valence-corrected chi connectivity index (χ0v) is 12.1.